The van der Waals surface area contributed by atoms with Crippen LogP contribution in [0.5, 0.6) is 0 Å². The Morgan fingerprint density at radius 3 is 2.71 bits per heavy atom. The molecule has 2 saturated heterocycles. The number of piperazine rings is 1. The van der Waals surface area contributed by atoms with Gasteiger partial charge in [0.05, 0.1) is 0 Å². The normalized spacial score (nSPS) is 31.5. The van der Waals surface area contributed by atoms with Gasteiger partial charge in [-0.3, -0.25) is 9.80 Å². The van der Waals surface area contributed by atoms with Crippen LogP contribution in [0.25, 0.3) is 0 Å². The van der Waals surface area contributed by atoms with E-state index in [1.54, 1.807) is 0 Å². The molecule has 2 unspecified atom stereocenters. The molecular weight excluding hydrogens is 228 g/mol. The predicted octanol–water partition coefficient (Wildman–Crippen LogP) is 2.10. The Labute approximate surface area is 101 Å². The molecule has 0 aliphatic carbocycles. The Morgan fingerprint density at radius 1 is 1.35 bits per heavy atom. The molecule has 0 aromatic heterocycles. The van der Waals surface area contributed by atoms with Crippen LogP contribution in [0.2, 0.25) is 0 Å². The third-order valence-electron chi connectivity index (χ3n) is 3.94. The van der Waals surface area contributed by atoms with E-state index >= 15 is 0 Å². The second-order valence-corrected chi connectivity index (χ2v) is 5.30. The zero-order valence-electron chi connectivity index (χ0n) is 10.2. The monoisotopic (exact) mass is 247 g/mol. The molecule has 2 atom stereocenters. The highest BCUT2D eigenvalue weighted by atomic mass is 19.4. The first-order chi connectivity index (χ1) is 7.88. The third kappa shape index (κ3) is 2.85. The molecule has 0 aromatic carbocycles. The quantitative estimate of drug-likeness (QED) is 0.704. The number of nitrogens with zero attached hydrogens (tertiary/aromatic N) is 2. The maximum Gasteiger partial charge on any atom is 0.506 e. The van der Waals surface area contributed by atoms with Crippen LogP contribution < -0.4 is 0 Å². The summed E-state index contributed by atoms with van der Waals surface area (Å²) in [5.74, 6) is 0. The van der Waals surface area contributed by atoms with Crippen LogP contribution in [0, 0.1) is 0 Å². The minimum absolute atomic E-state index is 0.0188. The molecule has 0 radical (unpaired) electrons. The van der Waals surface area contributed by atoms with Gasteiger partial charge in [-0.2, -0.15) is 0 Å². The van der Waals surface area contributed by atoms with E-state index in [1.165, 1.54) is 6.42 Å². The molecule has 2 rings (SSSR count). The smallest absolute Gasteiger partial charge is 0.445 e. The molecule has 0 aromatic rings. The second-order valence-electron chi connectivity index (χ2n) is 5.30. The summed E-state index contributed by atoms with van der Waals surface area (Å²) in [6.07, 6.45) is 2.29. The maximum absolute atomic E-state index is 12.5. The summed E-state index contributed by atoms with van der Waals surface area (Å²) in [6, 6.07) is 0.652. The Balaban J connectivity index is 1.95. The van der Waals surface area contributed by atoms with Crippen LogP contribution in [-0.4, -0.2) is 55.0 Å². The summed E-state index contributed by atoms with van der Waals surface area (Å²) in [6.45, 7) is 3.04. The van der Waals surface area contributed by atoms with Crippen LogP contribution >= 0.6 is 0 Å². The van der Waals surface area contributed by atoms with Gasteiger partial charge in [0, 0.05) is 25.2 Å². The molecule has 0 amide bonds. The van der Waals surface area contributed by atoms with E-state index in [-0.39, 0.29) is 12.6 Å². The van der Waals surface area contributed by atoms with Crippen molar-refractivity contribution >= 4 is 6.98 Å². The lowest BCUT2D eigenvalue weighted by Crippen LogP contribution is -2.55. The van der Waals surface area contributed by atoms with Crippen molar-refractivity contribution < 1.29 is 12.9 Å². The maximum atomic E-state index is 12.5. The van der Waals surface area contributed by atoms with E-state index in [0.717, 1.165) is 26.1 Å². The van der Waals surface area contributed by atoms with E-state index < -0.39 is 12.4 Å². The van der Waals surface area contributed by atoms with Gasteiger partial charge in [-0.1, -0.05) is 0 Å². The summed E-state index contributed by atoms with van der Waals surface area (Å²) in [7, 11) is 0. The van der Waals surface area contributed by atoms with Crippen molar-refractivity contribution in [1.29, 1.82) is 0 Å². The van der Waals surface area contributed by atoms with Crippen molar-refractivity contribution in [3.8, 4) is 0 Å². The summed E-state index contributed by atoms with van der Waals surface area (Å²) >= 11 is 0. The van der Waals surface area contributed by atoms with E-state index in [2.05, 4.69) is 11.5 Å². The molecule has 0 bridgehead atoms. The summed E-state index contributed by atoms with van der Waals surface area (Å²) in [5, 5.41) is 0. The van der Waals surface area contributed by atoms with E-state index in [1.807, 2.05) is 11.8 Å². The van der Waals surface area contributed by atoms with Crippen molar-refractivity contribution in [1.82, 2.24) is 9.80 Å². The molecule has 2 aliphatic rings. The fourth-order valence-electron chi connectivity index (χ4n) is 2.83. The van der Waals surface area contributed by atoms with Gasteiger partial charge in [0.15, 0.2) is 0 Å². The highest BCUT2D eigenvalue weighted by molar-refractivity contribution is 6.66. The highest BCUT2D eigenvalue weighted by Gasteiger charge is 2.36. The van der Waals surface area contributed by atoms with E-state index in [9.17, 15) is 12.9 Å². The topological polar surface area (TPSA) is 6.48 Å². The Bertz CT molecular complexity index is 306. The number of hydrogen-bond donors (Lipinski definition) is 0. The van der Waals surface area contributed by atoms with Crippen LogP contribution in [0.1, 0.15) is 19.8 Å². The molecule has 0 saturated carbocycles. The van der Waals surface area contributed by atoms with Crippen molar-refractivity contribution in [2.75, 3.05) is 26.2 Å². The molecule has 2 fully saturated rings. The molecule has 2 nitrogen and oxygen atoms in total. The Hall–Kier alpha value is -0.485. The Kier molecular flexibility index (Phi) is 3.54. The fraction of sp³-hybridized carbons (Fsp3) is 0.818. The van der Waals surface area contributed by atoms with Crippen molar-refractivity contribution in [2.24, 2.45) is 0 Å². The minimum Gasteiger partial charge on any atom is -0.445 e. The van der Waals surface area contributed by atoms with E-state index in [4.69, 9.17) is 0 Å². The van der Waals surface area contributed by atoms with Gasteiger partial charge in [0.25, 0.3) is 0 Å². The summed E-state index contributed by atoms with van der Waals surface area (Å²) in [4.78, 5) is 4.34. The first-order valence-electron chi connectivity index (χ1n) is 6.23. The second kappa shape index (κ2) is 4.65. The van der Waals surface area contributed by atoms with Crippen molar-refractivity contribution in [3.05, 3.63) is 12.1 Å². The highest BCUT2D eigenvalue weighted by Crippen LogP contribution is 2.27. The van der Waals surface area contributed by atoms with Gasteiger partial charge in [-0.15, -0.1) is 12.1 Å². The number of fused-ring (bicyclic) bond motifs is 1. The summed E-state index contributed by atoms with van der Waals surface area (Å²) in [5.41, 5.74) is -0.566. The average molecular weight is 247 g/mol. The first kappa shape index (κ1) is 13.0. The SMILES string of the molecule is C=C(CN1CC2CCCN2CC1C)[B-](F)(F)F. The zero-order chi connectivity index (χ0) is 12.6. The molecule has 0 spiro atoms. The lowest BCUT2D eigenvalue weighted by Gasteiger charge is -2.43. The lowest BCUT2D eigenvalue weighted by atomic mass is 9.80. The van der Waals surface area contributed by atoms with Crippen molar-refractivity contribution in [3.63, 3.8) is 0 Å². The zero-order valence-corrected chi connectivity index (χ0v) is 10.2. The number of rotatable bonds is 3. The molecular formula is C11H19BF3N2-. The molecule has 2 aliphatic heterocycles. The molecule has 2 heterocycles. The largest absolute Gasteiger partial charge is 0.506 e. The van der Waals surface area contributed by atoms with Gasteiger partial charge in [-0.25, -0.2) is 0 Å². The predicted molar refractivity (Wildman–Crippen MR) is 63.8 cm³/mol. The van der Waals surface area contributed by atoms with Gasteiger partial charge < -0.3 is 12.9 Å². The third-order valence-corrected chi connectivity index (χ3v) is 3.94. The molecule has 17 heavy (non-hydrogen) atoms. The van der Waals surface area contributed by atoms with Gasteiger partial charge in [0.2, 0.25) is 0 Å². The van der Waals surface area contributed by atoms with Gasteiger partial charge in [0.1, 0.15) is 0 Å². The standard InChI is InChI=1S/C11H19BF3N2/c1-9(12(13,14)15)6-17-8-11-4-3-5-16(11)7-10(17)2/h10-11H,1,3-8H2,2H3/q-1. The molecule has 0 N–H and O–H groups in total. The van der Waals surface area contributed by atoms with Crippen LogP contribution in [0.15, 0.2) is 12.1 Å². The first-order valence-corrected chi connectivity index (χ1v) is 6.23. The van der Waals surface area contributed by atoms with Crippen LogP contribution in [-0.2, 0) is 0 Å². The fourth-order valence-corrected chi connectivity index (χ4v) is 2.83. The van der Waals surface area contributed by atoms with Gasteiger partial charge >= 0.3 is 6.98 Å². The van der Waals surface area contributed by atoms with Crippen molar-refractivity contribution in [2.45, 2.75) is 31.8 Å². The molecule has 6 heteroatoms. The van der Waals surface area contributed by atoms with Crippen LogP contribution in [0.3, 0.4) is 0 Å². The average Bonchev–Trinajstić information content (AvgIpc) is 2.63. The molecule has 98 valence electrons. The lowest BCUT2D eigenvalue weighted by molar-refractivity contribution is 0.0669. The minimum atomic E-state index is -4.89. The Morgan fingerprint density at radius 2 is 2.06 bits per heavy atom. The number of halogens is 3. The van der Waals surface area contributed by atoms with Crippen LogP contribution in [0.4, 0.5) is 12.9 Å². The number of hydrogen-bond acceptors (Lipinski definition) is 2. The summed E-state index contributed by atoms with van der Waals surface area (Å²) < 4.78 is 37.6. The van der Waals surface area contributed by atoms with E-state index in [0.29, 0.717) is 6.04 Å². The van der Waals surface area contributed by atoms with Gasteiger partial charge in [-0.05, 0) is 32.9 Å².